The molecule has 1 fully saturated rings. The molecule has 120 valence electrons. The highest BCUT2D eigenvalue weighted by Gasteiger charge is 2.23. The molecule has 2 aromatic rings. The van der Waals surface area contributed by atoms with E-state index < -0.39 is 0 Å². The van der Waals surface area contributed by atoms with Gasteiger partial charge >= 0.3 is 0 Å². The molecule has 0 spiro atoms. The molecule has 1 aliphatic rings. The number of methoxy groups -OCH3 is 1. The first-order chi connectivity index (χ1) is 11.3. The van der Waals surface area contributed by atoms with Gasteiger partial charge in [0.25, 0.3) is 0 Å². The number of carbonyl (C=O) groups is 1. The van der Waals surface area contributed by atoms with Gasteiger partial charge in [0.05, 0.1) is 13.5 Å². The number of nitrogens with zero attached hydrogens (tertiary/aromatic N) is 2. The number of pyridine rings is 1. The van der Waals surface area contributed by atoms with Crippen LogP contribution in [0.3, 0.4) is 0 Å². The molecule has 1 aromatic carbocycles. The molecule has 0 N–H and O–H groups in total. The van der Waals surface area contributed by atoms with Gasteiger partial charge in [-0.2, -0.15) is 0 Å². The third-order valence-electron chi connectivity index (χ3n) is 4.51. The predicted molar refractivity (Wildman–Crippen MR) is 89.5 cm³/mol. The number of rotatable bonds is 4. The summed E-state index contributed by atoms with van der Waals surface area (Å²) in [7, 11) is 1.64. The van der Waals surface area contributed by atoms with Gasteiger partial charge in [0.15, 0.2) is 0 Å². The molecule has 0 saturated carbocycles. The molecule has 23 heavy (non-hydrogen) atoms. The van der Waals surface area contributed by atoms with E-state index in [1.54, 1.807) is 7.11 Å². The third kappa shape index (κ3) is 3.89. The smallest absolute Gasteiger partial charge is 0.226 e. The Balaban J connectivity index is 1.56. The third-order valence-corrected chi connectivity index (χ3v) is 4.51. The maximum Gasteiger partial charge on any atom is 0.226 e. The van der Waals surface area contributed by atoms with E-state index in [1.807, 2.05) is 41.6 Å². The van der Waals surface area contributed by atoms with Crippen molar-refractivity contribution in [3.63, 3.8) is 0 Å². The van der Waals surface area contributed by atoms with Crippen LogP contribution in [0, 0.1) is 0 Å². The van der Waals surface area contributed by atoms with Crippen LogP contribution in [-0.2, 0) is 11.2 Å². The second-order valence-corrected chi connectivity index (χ2v) is 5.96. The van der Waals surface area contributed by atoms with E-state index in [2.05, 4.69) is 17.1 Å². The molecule has 1 saturated heterocycles. The lowest BCUT2D eigenvalue weighted by atomic mass is 9.90. The molecule has 0 unspecified atom stereocenters. The minimum absolute atomic E-state index is 0.200. The summed E-state index contributed by atoms with van der Waals surface area (Å²) in [6, 6.07) is 11.9. The summed E-state index contributed by atoms with van der Waals surface area (Å²) in [5.74, 6) is 1.54. The van der Waals surface area contributed by atoms with E-state index >= 15 is 0 Å². The molecule has 0 bridgehead atoms. The van der Waals surface area contributed by atoms with Crippen molar-refractivity contribution in [3.05, 3.63) is 59.9 Å². The molecule has 3 rings (SSSR count). The minimum Gasteiger partial charge on any atom is -0.497 e. The summed E-state index contributed by atoms with van der Waals surface area (Å²) in [4.78, 5) is 18.5. The molecule has 0 aliphatic carbocycles. The van der Waals surface area contributed by atoms with Crippen molar-refractivity contribution < 1.29 is 9.53 Å². The van der Waals surface area contributed by atoms with Gasteiger partial charge in [0.2, 0.25) is 5.91 Å². The van der Waals surface area contributed by atoms with Crippen LogP contribution in [0.5, 0.6) is 5.75 Å². The average Bonchev–Trinajstić information content (AvgIpc) is 2.63. The van der Waals surface area contributed by atoms with E-state index in [4.69, 9.17) is 4.74 Å². The summed E-state index contributed by atoms with van der Waals surface area (Å²) in [6.07, 6.45) is 6.17. The molecular weight excluding hydrogens is 288 g/mol. The Morgan fingerprint density at radius 3 is 2.65 bits per heavy atom. The number of ether oxygens (including phenoxy) is 1. The Morgan fingerprint density at radius 1 is 1.22 bits per heavy atom. The van der Waals surface area contributed by atoms with Gasteiger partial charge in [-0.1, -0.05) is 12.1 Å². The zero-order valence-corrected chi connectivity index (χ0v) is 13.4. The largest absolute Gasteiger partial charge is 0.497 e. The van der Waals surface area contributed by atoms with Crippen LogP contribution in [0.25, 0.3) is 0 Å². The van der Waals surface area contributed by atoms with Gasteiger partial charge < -0.3 is 9.64 Å². The molecule has 0 atom stereocenters. The summed E-state index contributed by atoms with van der Waals surface area (Å²) in [5, 5.41) is 0. The SMILES string of the molecule is COc1cccc(CC(=O)N2CCC(c3ccncc3)CC2)c1. The first-order valence-electron chi connectivity index (χ1n) is 8.07. The van der Waals surface area contributed by atoms with Crippen LogP contribution in [0.4, 0.5) is 0 Å². The standard InChI is InChI=1S/C19H22N2O2/c1-23-18-4-2-3-15(13-18)14-19(22)21-11-7-17(8-12-21)16-5-9-20-10-6-16/h2-6,9-10,13,17H,7-8,11-12,14H2,1H3. The second kappa shape index (κ2) is 7.27. The van der Waals surface area contributed by atoms with Gasteiger partial charge in [-0.3, -0.25) is 9.78 Å². The fourth-order valence-corrected chi connectivity index (χ4v) is 3.17. The maximum absolute atomic E-state index is 12.5. The number of hydrogen-bond acceptors (Lipinski definition) is 3. The quantitative estimate of drug-likeness (QED) is 0.871. The molecule has 4 nitrogen and oxygen atoms in total. The van der Waals surface area contributed by atoms with Crippen LogP contribution in [0.15, 0.2) is 48.8 Å². The van der Waals surface area contributed by atoms with Crippen LogP contribution in [0.2, 0.25) is 0 Å². The molecule has 2 heterocycles. The Labute approximate surface area is 137 Å². The number of aromatic nitrogens is 1. The maximum atomic E-state index is 12.5. The van der Waals surface area contributed by atoms with Crippen LogP contribution in [0.1, 0.15) is 29.9 Å². The van der Waals surface area contributed by atoms with Crippen molar-refractivity contribution in [2.24, 2.45) is 0 Å². The average molecular weight is 310 g/mol. The van der Waals surface area contributed by atoms with Gasteiger partial charge in [0, 0.05) is 25.5 Å². The normalized spacial score (nSPS) is 15.4. The number of hydrogen-bond donors (Lipinski definition) is 0. The number of amides is 1. The summed E-state index contributed by atoms with van der Waals surface area (Å²) in [5.41, 5.74) is 2.34. The number of benzene rings is 1. The highest BCUT2D eigenvalue weighted by atomic mass is 16.5. The zero-order chi connectivity index (χ0) is 16.1. The monoisotopic (exact) mass is 310 g/mol. The van der Waals surface area contributed by atoms with E-state index in [9.17, 15) is 4.79 Å². The molecular formula is C19H22N2O2. The fourth-order valence-electron chi connectivity index (χ4n) is 3.17. The summed E-state index contributed by atoms with van der Waals surface area (Å²) in [6.45, 7) is 1.66. The van der Waals surface area contributed by atoms with Gasteiger partial charge in [0.1, 0.15) is 5.75 Å². The first-order valence-corrected chi connectivity index (χ1v) is 8.07. The molecule has 1 aliphatic heterocycles. The lowest BCUT2D eigenvalue weighted by Crippen LogP contribution is -2.38. The lowest BCUT2D eigenvalue weighted by molar-refractivity contribution is -0.131. The van der Waals surface area contributed by atoms with Crippen molar-refractivity contribution in [1.82, 2.24) is 9.88 Å². The van der Waals surface area contributed by atoms with E-state index in [-0.39, 0.29) is 5.91 Å². The molecule has 1 amide bonds. The number of piperidine rings is 1. The first kappa shape index (κ1) is 15.5. The number of carbonyl (C=O) groups excluding carboxylic acids is 1. The second-order valence-electron chi connectivity index (χ2n) is 5.96. The van der Waals surface area contributed by atoms with E-state index in [0.29, 0.717) is 12.3 Å². The van der Waals surface area contributed by atoms with Crippen molar-refractivity contribution in [3.8, 4) is 5.75 Å². The zero-order valence-electron chi connectivity index (χ0n) is 13.4. The van der Waals surface area contributed by atoms with Crippen molar-refractivity contribution in [2.75, 3.05) is 20.2 Å². The predicted octanol–water partition coefficient (Wildman–Crippen LogP) is 3.04. The van der Waals surface area contributed by atoms with Crippen LogP contribution in [-0.4, -0.2) is 36.0 Å². The molecule has 0 radical (unpaired) electrons. The topological polar surface area (TPSA) is 42.4 Å². The van der Waals surface area contributed by atoms with Crippen molar-refractivity contribution in [1.29, 1.82) is 0 Å². The van der Waals surface area contributed by atoms with Crippen molar-refractivity contribution in [2.45, 2.75) is 25.2 Å². The lowest BCUT2D eigenvalue weighted by Gasteiger charge is -2.32. The Kier molecular flexibility index (Phi) is 4.91. The fraction of sp³-hybridized carbons (Fsp3) is 0.368. The van der Waals surface area contributed by atoms with Gasteiger partial charge in [-0.25, -0.2) is 0 Å². The Morgan fingerprint density at radius 2 is 1.96 bits per heavy atom. The summed E-state index contributed by atoms with van der Waals surface area (Å²) >= 11 is 0. The van der Waals surface area contributed by atoms with Crippen LogP contribution >= 0.6 is 0 Å². The van der Waals surface area contributed by atoms with Gasteiger partial charge in [-0.15, -0.1) is 0 Å². The Bertz CT molecular complexity index is 649. The molecule has 1 aromatic heterocycles. The Hall–Kier alpha value is -2.36. The number of likely N-dealkylation sites (tertiary alicyclic amines) is 1. The van der Waals surface area contributed by atoms with E-state index in [0.717, 1.165) is 37.2 Å². The molecule has 4 heteroatoms. The van der Waals surface area contributed by atoms with Crippen molar-refractivity contribution >= 4 is 5.91 Å². The minimum atomic E-state index is 0.200. The van der Waals surface area contributed by atoms with Crippen LogP contribution < -0.4 is 4.74 Å². The highest BCUT2D eigenvalue weighted by molar-refractivity contribution is 5.79. The summed E-state index contributed by atoms with van der Waals surface area (Å²) < 4.78 is 5.21. The highest BCUT2D eigenvalue weighted by Crippen LogP contribution is 2.27. The van der Waals surface area contributed by atoms with Gasteiger partial charge in [-0.05, 0) is 54.2 Å². The van der Waals surface area contributed by atoms with E-state index in [1.165, 1.54) is 5.56 Å².